The lowest BCUT2D eigenvalue weighted by Crippen LogP contribution is -2.39. The van der Waals surface area contributed by atoms with Crippen LogP contribution in [-0.4, -0.2) is 24.3 Å². The molecule has 18 heavy (non-hydrogen) atoms. The molecule has 3 nitrogen and oxygen atoms in total. The zero-order valence-corrected chi connectivity index (χ0v) is 12.0. The zero-order valence-electron chi connectivity index (χ0n) is 10.4. The summed E-state index contributed by atoms with van der Waals surface area (Å²) in [6, 6.07) is 2.96. The maximum atomic E-state index is 13.5. The van der Waals surface area contributed by atoms with Crippen molar-refractivity contribution in [3.05, 3.63) is 22.4 Å². The first-order valence-corrected chi connectivity index (χ1v) is 6.89. The minimum absolute atomic E-state index is 0.343. The molecule has 1 aromatic rings. The molecule has 3 N–H and O–H groups in total. The van der Waals surface area contributed by atoms with E-state index in [2.05, 4.69) is 15.9 Å². The maximum absolute atomic E-state index is 13.5. The molecular formula is C13H18BrFN2O. The van der Waals surface area contributed by atoms with Gasteiger partial charge in [0.1, 0.15) is 5.82 Å². The van der Waals surface area contributed by atoms with E-state index in [1.807, 2.05) is 11.9 Å². The third kappa shape index (κ3) is 2.78. The number of hydrogen-bond donors (Lipinski definition) is 2. The Morgan fingerprint density at radius 3 is 2.67 bits per heavy atom. The summed E-state index contributed by atoms with van der Waals surface area (Å²) in [5.41, 5.74) is 6.35. The van der Waals surface area contributed by atoms with Crippen LogP contribution in [0.3, 0.4) is 0 Å². The second-order valence-corrected chi connectivity index (χ2v) is 5.97. The number of likely N-dealkylation sites (N-methyl/N-ethyl adjacent to an activating group) is 1. The van der Waals surface area contributed by atoms with E-state index in [4.69, 9.17) is 5.73 Å². The van der Waals surface area contributed by atoms with Gasteiger partial charge in [-0.15, -0.1) is 0 Å². The van der Waals surface area contributed by atoms with E-state index >= 15 is 0 Å². The van der Waals surface area contributed by atoms with Crippen LogP contribution in [0.2, 0.25) is 0 Å². The molecule has 0 heterocycles. The Hall–Kier alpha value is -0.810. The molecule has 1 aliphatic rings. The third-order valence-electron chi connectivity index (χ3n) is 3.55. The van der Waals surface area contributed by atoms with Crippen LogP contribution in [0, 0.1) is 5.82 Å². The minimum Gasteiger partial charge on any atom is -0.397 e. The van der Waals surface area contributed by atoms with Gasteiger partial charge >= 0.3 is 0 Å². The average molecular weight is 317 g/mol. The summed E-state index contributed by atoms with van der Waals surface area (Å²) in [5, 5.41) is 10.4. The quantitative estimate of drug-likeness (QED) is 0.843. The van der Waals surface area contributed by atoms with Crippen molar-refractivity contribution in [2.24, 2.45) is 0 Å². The van der Waals surface area contributed by atoms with Crippen molar-refractivity contribution in [1.82, 2.24) is 0 Å². The monoisotopic (exact) mass is 316 g/mol. The van der Waals surface area contributed by atoms with Gasteiger partial charge in [-0.3, -0.25) is 0 Å². The molecule has 0 amide bonds. The van der Waals surface area contributed by atoms with Crippen LogP contribution in [0.1, 0.15) is 25.7 Å². The summed E-state index contributed by atoms with van der Waals surface area (Å²) < 4.78 is 13.9. The first-order valence-electron chi connectivity index (χ1n) is 6.09. The molecule has 1 fully saturated rings. The number of nitrogens with zero attached hydrogens (tertiary/aromatic N) is 1. The Morgan fingerprint density at radius 2 is 2.06 bits per heavy atom. The molecule has 0 atom stereocenters. The number of aliphatic hydroxyl groups is 1. The first kappa shape index (κ1) is 13.6. The SMILES string of the molecule is CN(CC1(O)CCCC1)c1cc(F)c(Br)cc1N. The van der Waals surface area contributed by atoms with Gasteiger partial charge in [0, 0.05) is 19.7 Å². The van der Waals surface area contributed by atoms with Crippen LogP contribution in [0.5, 0.6) is 0 Å². The van der Waals surface area contributed by atoms with Crippen molar-refractivity contribution in [2.45, 2.75) is 31.3 Å². The molecule has 0 aromatic heterocycles. The number of benzene rings is 1. The molecule has 5 heteroatoms. The van der Waals surface area contributed by atoms with E-state index in [0.29, 0.717) is 22.4 Å². The van der Waals surface area contributed by atoms with Crippen LogP contribution >= 0.6 is 15.9 Å². The number of rotatable bonds is 3. The highest BCUT2D eigenvalue weighted by atomic mass is 79.9. The van der Waals surface area contributed by atoms with Gasteiger partial charge in [-0.05, 0) is 34.8 Å². The van der Waals surface area contributed by atoms with E-state index in [-0.39, 0.29) is 5.82 Å². The predicted molar refractivity (Wildman–Crippen MR) is 75.2 cm³/mol. The second-order valence-electron chi connectivity index (χ2n) is 5.11. The van der Waals surface area contributed by atoms with Gasteiger partial charge in [0.25, 0.3) is 0 Å². The summed E-state index contributed by atoms with van der Waals surface area (Å²) in [6.45, 7) is 0.484. The van der Waals surface area contributed by atoms with Crippen molar-refractivity contribution in [3.8, 4) is 0 Å². The van der Waals surface area contributed by atoms with Crippen molar-refractivity contribution >= 4 is 27.3 Å². The Kier molecular flexibility index (Phi) is 3.82. The fourth-order valence-corrected chi connectivity index (χ4v) is 2.96. The molecule has 0 saturated heterocycles. The smallest absolute Gasteiger partial charge is 0.139 e. The highest BCUT2D eigenvalue weighted by Gasteiger charge is 2.32. The van der Waals surface area contributed by atoms with Gasteiger partial charge in [0.15, 0.2) is 0 Å². The van der Waals surface area contributed by atoms with E-state index in [1.54, 1.807) is 6.07 Å². The summed E-state index contributed by atoms with van der Waals surface area (Å²) in [7, 11) is 1.83. The lowest BCUT2D eigenvalue weighted by Gasteiger charge is -2.30. The molecule has 0 unspecified atom stereocenters. The van der Waals surface area contributed by atoms with Gasteiger partial charge < -0.3 is 15.7 Å². The molecule has 1 aliphatic carbocycles. The summed E-state index contributed by atoms with van der Waals surface area (Å²) >= 11 is 3.11. The first-order chi connectivity index (χ1) is 8.41. The zero-order chi connectivity index (χ0) is 13.3. The number of hydrogen-bond acceptors (Lipinski definition) is 3. The Balaban J connectivity index is 2.18. The lowest BCUT2D eigenvalue weighted by molar-refractivity contribution is 0.0559. The highest BCUT2D eigenvalue weighted by molar-refractivity contribution is 9.10. The van der Waals surface area contributed by atoms with Gasteiger partial charge in [-0.25, -0.2) is 4.39 Å². The predicted octanol–water partition coefficient (Wildman–Crippen LogP) is 2.91. The van der Waals surface area contributed by atoms with Gasteiger partial charge in [0.2, 0.25) is 0 Å². The Bertz CT molecular complexity index is 447. The van der Waals surface area contributed by atoms with Crippen molar-refractivity contribution in [1.29, 1.82) is 0 Å². The van der Waals surface area contributed by atoms with Crippen molar-refractivity contribution in [2.75, 3.05) is 24.2 Å². The molecule has 0 spiro atoms. The molecular weight excluding hydrogens is 299 g/mol. The summed E-state index contributed by atoms with van der Waals surface area (Å²) in [6.07, 6.45) is 3.70. The summed E-state index contributed by atoms with van der Waals surface area (Å²) in [4.78, 5) is 1.83. The van der Waals surface area contributed by atoms with E-state index in [9.17, 15) is 9.50 Å². The number of anilines is 2. The maximum Gasteiger partial charge on any atom is 0.139 e. The molecule has 0 bridgehead atoms. The van der Waals surface area contributed by atoms with Crippen molar-refractivity contribution < 1.29 is 9.50 Å². The highest BCUT2D eigenvalue weighted by Crippen LogP contribution is 2.34. The van der Waals surface area contributed by atoms with Gasteiger partial charge in [-0.2, -0.15) is 0 Å². The molecule has 1 aromatic carbocycles. The van der Waals surface area contributed by atoms with E-state index in [0.717, 1.165) is 25.7 Å². The fourth-order valence-electron chi connectivity index (χ4n) is 2.60. The fraction of sp³-hybridized carbons (Fsp3) is 0.538. The van der Waals surface area contributed by atoms with Crippen LogP contribution in [-0.2, 0) is 0 Å². The average Bonchev–Trinajstić information content (AvgIpc) is 2.70. The van der Waals surface area contributed by atoms with Gasteiger partial charge in [0.05, 0.1) is 21.4 Å². The molecule has 0 aliphatic heterocycles. The van der Waals surface area contributed by atoms with Gasteiger partial charge in [-0.1, -0.05) is 12.8 Å². The molecule has 0 radical (unpaired) electrons. The van der Waals surface area contributed by atoms with Crippen LogP contribution < -0.4 is 10.6 Å². The minimum atomic E-state index is -0.662. The normalized spacial score (nSPS) is 18.0. The Labute approximate surface area is 115 Å². The van der Waals surface area contributed by atoms with E-state index in [1.165, 1.54) is 6.07 Å². The Morgan fingerprint density at radius 1 is 1.44 bits per heavy atom. The van der Waals surface area contributed by atoms with Crippen LogP contribution in [0.25, 0.3) is 0 Å². The lowest BCUT2D eigenvalue weighted by atomic mass is 10.0. The second kappa shape index (κ2) is 5.05. The standard InChI is InChI=1S/C13H18BrFN2O/c1-17(8-13(18)4-2-3-5-13)12-7-10(15)9(14)6-11(12)16/h6-7,18H,2-5,8,16H2,1H3. The van der Waals surface area contributed by atoms with E-state index < -0.39 is 5.60 Å². The molecule has 1 saturated carbocycles. The summed E-state index contributed by atoms with van der Waals surface area (Å²) in [5.74, 6) is -0.343. The molecule has 2 rings (SSSR count). The number of nitrogen functional groups attached to an aromatic ring is 1. The topological polar surface area (TPSA) is 49.5 Å². The number of halogens is 2. The van der Waals surface area contributed by atoms with Crippen molar-refractivity contribution in [3.63, 3.8) is 0 Å². The van der Waals surface area contributed by atoms with Crippen LogP contribution in [0.15, 0.2) is 16.6 Å². The third-order valence-corrected chi connectivity index (χ3v) is 4.15. The van der Waals surface area contributed by atoms with Crippen LogP contribution in [0.4, 0.5) is 15.8 Å². The molecule has 100 valence electrons. The number of nitrogens with two attached hydrogens (primary N) is 1. The largest absolute Gasteiger partial charge is 0.397 e.